The minimum absolute atomic E-state index is 0.268. The number of nitro groups is 2. The number of benzene rings is 2. The molecule has 14 heteroatoms. The number of unbranched alkanes of at least 4 members (excludes halogenated alkanes) is 8. The van der Waals surface area contributed by atoms with Crippen LogP contribution in [-0.2, 0) is 20.0 Å². The first kappa shape index (κ1) is 37.5. The Hall–Kier alpha value is -3.36. The normalized spacial score (nSPS) is 20.2. The summed E-state index contributed by atoms with van der Waals surface area (Å²) in [4.78, 5) is 21.6. The summed E-state index contributed by atoms with van der Waals surface area (Å²) >= 11 is 0. The summed E-state index contributed by atoms with van der Waals surface area (Å²) < 4.78 is 59.8. The first-order chi connectivity index (χ1) is 22.9. The van der Waals surface area contributed by atoms with E-state index in [0.717, 1.165) is 70.3 Å². The molecule has 0 radical (unpaired) electrons. The largest absolute Gasteiger partial charge is 0.289 e. The van der Waals surface area contributed by atoms with Crippen LogP contribution in [0.5, 0.6) is 0 Å². The van der Waals surface area contributed by atoms with Gasteiger partial charge >= 0.3 is 0 Å². The fourth-order valence-electron chi connectivity index (χ4n) is 7.09. The summed E-state index contributed by atoms with van der Waals surface area (Å²) in [7, 11) is -8.75. The molecule has 0 amide bonds. The smallest absolute Gasteiger partial charge is 0.270 e. The molecule has 0 aliphatic carbocycles. The van der Waals surface area contributed by atoms with Gasteiger partial charge in [0, 0.05) is 36.5 Å². The Kier molecular flexibility index (Phi) is 13.1. The van der Waals surface area contributed by atoms with Gasteiger partial charge in [-0.15, -0.1) is 0 Å². The Bertz CT molecular complexity index is 1680. The van der Waals surface area contributed by atoms with Crippen LogP contribution in [0.2, 0.25) is 0 Å². The summed E-state index contributed by atoms with van der Waals surface area (Å²) in [5, 5.41) is 23.8. The number of sulfonamides is 2. The van der Waals surface area contributed by atoms with Crippen molar-refractivity contribution in [2.45, 2.75) is 138 Å². The number of nitro benzene ring substituents is 2. The van der Waals surface area contributed by atoms with Crippen molar-refractivity contribution < 1.29 is 26.7 Å². The lowest BCUT2D eigenvalue weighted by molar-refractivity contribution is -0.388. The Labute approximate surface area is 284 Å². The van der Waals surface area contributed by atoms with Gasteiger partial charge in [0.2, 0.25) is 0 Å². The van der Waals surface area contributed by atoms with E-state index in [1.807, 2.05) is 0 Å². The molecule has 0 N–H and O–H groups in total. The van der Waals surface area contributed by atoms with Gasteiger partial charge in [-0.1, -0.05) is 102 Å². The van der Waals surface area contributed by atoms with E-state index in [4.69, 9.17) is 0 Å². The van der Waals surface area contributed by atoms with Crippen LogP contribution in [0, 0.1) is 20.2 Å². The van der Waals surface area contributed by atoms with Gasteiger partial charge in [0.25, 0.3) is 31.4 Å². The third kappa shape index (κ3) is 8.43. The molecule has 12 nitrogen and oxygen atoms in total. The Morgan fingerprint density at radius 1 is 0.667 bits per heavy atom. The maximum atomic E-state index is 14.4. The van der Waals surface area contributed by atoms with Crippen LogP contribution >= 0.6 is 0 Å². The van der Waals surface area contributed by atoms with Crippen LogP contribution in [0.3, 0.4) is 0 Å². The molecule has 2 aromatic carbocycles. The van der Waals surface area contributed by atoms with Gasteiger partial charge in [-0.25, -0.2) is 16.8 Å². The van der Waals surface area contributed by atoms with E-state index in [2.05, 4.69) is 13.8 Å². The second-order valence-electron chi connectivity index (χ2n) is 12.8. The zero-order valence-corrected chi connectivity index (χ0v) is 29.5. The molecule has 3 atom stereocenters. The molecule has 1 fully saturated rings. The topological polar surface area (TPSA) is 161 Å². The van der Waals surface area contributed by atoms with Gasteiger partial charge in [-0.05, 0) is 49.8 Å². The lowest BCUT2D eigenvalue weighted by atomic mass is 9.98. The second kappa shape index (κ2) is 16.8. The van der Waals surface area contributed by atoms with Crippen LogP contribution in [-0.4, -0.2) is 53.4 Å². The summed E-state index contributed by atoms with van der Waals surface area (Å²) in [5.74, 6) is 0. The van der Waals surface area contributed by atoms with Crippen molar-refractivity contribution in [1.82, 2.24) is 8.61 Å². The predicted molar refractivity (Wildman–Crippen MR) is 184 cm³/mol. The van der Waals surface area contributed by atoms with Crippen molar-refractivity contribution in [3.05, 3.63) is 80.5 Å². The van der Waals surface area contributed by atoms with Crippen molar-refractivity contribution >= 4 is 31.4 Å². The molecule has 2 aromatic rings. The Balaban J connectivity index is 1.75. The standard InChI is InChI=1S/C34H48N4O8S2/c1-3-5-7-9-11-17-28-23-24-30(36(28)48(45,46)34-22-16-14-20-32(34)38(41)42)27-25-29(18-12-10-8-6-4-2)35(26-27)47(43,44)33-21-15-13-19-31(33)37(39)40/h13-16,19-22,26,28-30H,3-12,17-18,23-25H2,1-2H3/t28-,29-,30-/m1/s1. The van der Waals surface area contributed by atoms with E-state index < -0.39 is 64.3 Å². The van der Waals surface area contributed by atoms with E-state index in [-0.39, 0.29) is 11.3 Å². The van der Waals surface area contributed by atoms with Crippen LogP contribution in [0.15, 0.2) is 70.1 Å². The van der Waals surface area contributed by atoms with Gasteiger partial charge in [0.1, 0.15) is 0 Å². The molecule has 0 saturated carbocycles. The highest BCUT2D eigenvalue weighted by molar-refractivity contribution is 7.89. The maximum absolute atomic E-state index is 14.4. The Morgan fingerprint density at radius 2 is 1.15 bits per heavy atom. The Morgan fingerprint density at radius 3 is 1.67 bits per heavy atom. The number of nitrogens with zero attached hydrogens (tertiary/aromatic N) is 4. The van der Waals surface area contributed by atoms with Crippen LogP contribution < -0.4 is 0 Å². The highest BCUT2D eigenvalue weighted by atomic mass is 32.2. The third-order valence-electron chi connectivity index (χ3n) is 9.51. The molecule has 0 spiro atoms. The van der Waals surface area contributed by atoms with Crippen molar-refractivity contribution in [2.24, 2.45) is 0 Å². The van der Waals surface area contributed by atoms with Crippen LogP contribution in [0.25, 0.3) is 0 Å². The number of rotatable bonds is 19. The van der Waals surface area contributed by atoms with E-state index in [1.165, 1.54) is 57.3 Å². The molecule has 2 aliphatic heterocycles. The van der Waals surface area contributed by atoms with Gasteiger partial charge in [-0.2, -0.15) is 4.31 Å². The average molecular weight is 705 g/mol. The van der Waals surface area contributed by atoms with E-state index in [1.54, 1.807) is 0 Å². The molecule has 1 saturated heterocycles. The van der Waals surface area contributed by atoms with Gasteiger partial charge < -0.3 is 0 Å². The van der Waals surface area contributed by atoms with E-state index in [0.29, 0.717) is 31.3 Å². The fraction of sp³-hybridized carbons (Fsp3) is 0.588. The molecular weight excluding hydrogens is 657 g/mol. The third-order valence-corrected chi connectivity index (χ3v) is 13.4. The number of para-hydroxylation sites is 2. The van der Waals surface area contributed by atoms with Crippen LogP contribution in [0.4, 0.5) is 11.4 Å². The molecule has 4 rings (SSSR count). The van der Waals surface area contributed by atoms with E-state index >= 15 is 0 Å². The summed E-state index contributed by atoms with van der Waals surface area (Å²) in [6.07, 6.45) is 13.5. The van der Waals surface area contributed by atoms with Crippen molar-refractivity contribution in [3.63, 3.8) is 0 Å². The van der Waals surface area contributed by atoms with E-state index in [9.17, 15) is 37.1 Å². The molecule has 264 valence electrons. The SMILES string of the molecule is CCCCCCC[C@@H]1CC([C@H]2CC[C@@H](CCCCCCC)N2S(=O)(=O)c2ccccc2[N+](=O)[O-])=CN1S(=O)(=O)c1ccccc1[N+](=O)[O-]. The quantitative estimate of drug-likeness (QED) is 0.0805. The summed E-state index contributed by atoms with van der Waals surface area (Å²) in [6, 6.07) is 8.94. The van der Waals surface area contributed by atoms with Crippen molar-refractivity contribution in [1.29, 1.82) is 0 Å². The van der Waals surface area contributed by atoms with Gasteiger partial charge in [-0.3, -0.25) is 24.5 Å². The minimum Gasteiger partial charge on any atom is -0.270 e. The number of hydrogen-bond acceptors (Lipinski definition) is 8. The highest BCUT2D eigenvalue weighted by Gasteiger charge is 2.48. The monoisotopic (exact) mass is 704 g/mol. The van der Waals surface area contributed by atoms with Crippen LogP contribution in [0.1, 0.15) is 110 Å². The molecule has 0 aromatic heterocycles. The number of hydrogen-bond donors (Lipinski definition) is 0. The molecular formula is C34H48N4O8S2. The minimum atomic E-state index is -4.38. The summed E-state index contributed by atoms with van der Waals surface area (Å²) in [6.45, 7) is 4.23. The predicted octanol–water partition coefficient (Wildman–Crippen LogP) is 8.09. The van der Waals surface area contributed by atoms with Gasteiger partial charge in [0.15, 0.2) is 9.79 Å². The maximum Gasteiger partial charge on any atom is 0.289 e. The molecule has 2 aliphatic rings. The van der Waals surface area contributed by atoms with Crippen molar-refractivity contribution in [2.75, 3.05) is 0 Å². The zero-order chi connectivity index (χ0) is 34.9. The molecule has 0 unspecified atom stereocenters. The average Bonchev–Trinajstić information content (AvgIpc) is 3.70. The molecule has 2 heterocycles. The van der Waals surface area contributed by atoms with Crippen molar-refractivity contribution in [3.8, 4) is 0 Å². The zero-order valence-electron chi connectivity index (χ0n) is 27.9. The highest BCUT2D eigenvalue weighted by Crippen LogP contribution is 2.44. The second-order valence-corrected chi connectivity index (χ2v) is 16.5. The molecule has 48 heavy (non-hydrogen) atoms. The first-order valence-corrected chi connectivity index (χ1v) is 20.1. The first-order valence-electron chi connectivity index (χ1n) is 17.2. The summed E-state index contributed by atoms with van der Waals surface area (Å²) in [5.41, 5.74) is -0.423. The lowest BCUT2D eigenvalue weighted by Gasteiger charge is -2.30. The van der Waals surface area contributed by atoms with Gasteiger partial charge in [0.05, 0.1) is 9.85 Å². The molecule has 0 bridgehead atoms. The lowest BCUT2D eigenvalue weighted by Crippen LogP contribution is -2.42. The fourth-order valence-corrected chi connectivity index (χ4v) is 10.9.